The molecule has 1 N–H and O–H groups in total. The lowest BCUT2D eigenvalue weighted by molar-refractivity contribution is 0.419. The third kappa shape index (κ3) is 1.28. The predicted octanol–water partition coefficient (Wildman–Crippen LogP) is 3.21. The number of aromatic hydroxyl groups is 1. The minimum absolute atomic E-state index is 0.100. The summed E-state index contributed by atoms with van der Waals surface area (Å²) in [6.45, 7) is 0. The lowest BCUT2D eigenvalue weighted by Crippen LogP contribution is -1.84. The Morgan fingerprint density at radius 1 is 1.14 bits per heavy atom. The fourth-order valence-corrected chi connectivity index (χ4v) is 1.63. The second-order valence-electron chi connectivity index (χ2n) is 2.95. The molecule has 0 heterocycles. The number of fused-ring (bicyclic) bond motifs is 1. The van der Waals surface area contributed by atoms with Crippen LogP contribution in [0, 0.1) is 0 Å². The van der Waals surface area contributed by atoms with Gasteiger partial charge in [0.25, 0.3) is 0 Å². The molecule has 0 aliphatic carbocycles. The average Bonchev–Trinajstić information content (AvgIpc) is 2.23. The van der Waals surface area contributed by atoms with Crippen LogP contribution in [0.1, 0.15) is 0 Å². The van der Waals surface area contributed by atoms with Gasteiger partial charge in [-0.3, -0.25) is 0 Å². The van der Waals surface area contributed by atoms with Gasteiger partial charge in [0.15, 0.2) is 0 Å². The van der Waals surface area contributed by atoms with E-state index in [1.54, 1.807) is 19.2 Å². The number of halogens is 1. The number of hydrogen-bond acceptors (Lipinski definition) is 2. The Kier molecular flexibility index (Phi) is 2.22. The third-order valence-electron chi connectivity index (χ3n) is 2.16. The van der Waals surface area contributed by atoms with Crippen LogP contribution in [-0.4, -0.2) is 12.2 Å². The molecular formula is C11H9ClO2. The van der Waals surface area contributed by atoms with Crippen LogP contribution in [0.15, 0.2) is 30.3 Å². The van der Waals surface area contributed by atoms with Gasteiger partial charge in [-0.15, -0.1) is 0 Å². The van der Waals surface area contributed by atoms with Crippen molar-refractivity contribution in [1.82, 2.24) is 0 Å². The normalized spacial score (nSPS) is 10.4. The van der Waals surface area contributed by atoms with E-state index in [4.69, 9.17) is 16.3 Å². The van der Waals surface area contributed by atoms with Gasteiger partial charge in [0.1, 0.15) is 11.5 Å². The Balaban J connectivity index is 2.86. The van der Waals surface area contributed by atoms with Gasteiger partial charge < -0.3 is 9.84 Å². The summed E-state index contributed by atoms with van der Waals surface area (Å²) in [5.41, 5.74) is 0. The molecule has 0 saturated heterocycles. The van der Waals surface area contributed by atoms with Crippen molar-refractivity contribution in [1.29, 1.82) is 0 Å². The molecule has 3 heteroatoms. The third-order valence-corrected chi connectivity index (χ3v) is 2.47. The van der Waals surface area contributed by atoms with Crippen LogP contribution in [0.5, 0.6) is 11.5 Å². The van der Waals surface area contributed by atoms with E-state index in [1.807, 2.05) is 18.2 Å². The average molecular weight is 209 g/mol. The standard InChI is InChI=1S/C11H9ClO2/c1-14-10-4-2-3-8-7(10)5-6-9(12)11(8)13/h2-6,13H,1H3. The van der Waals surface area contributed by atoms with Crippen LogP contribution in [0.4, 0.5) is 0 Å². The molecule has 0 aliphatic heterocycles. The molecule has 2 aromatic rings. The maximum atomic E-state index is 9.69. The summed E-state index contributed by atoms with van der Waals surface area (Å²) in [7, 11) is 1.60. The molecule has 14 heavy (non-hydrogen) atoms. The fraction of sp³-hybridized carbons (Fsp3) is 0.0909. The molecule has 0 fully saturated rings. The summed E-state index contributed by atoms with van der Waals surface area (Å²) in [6, 6.07) is 8.95. The Hall–Kier alpha value is -1.41. The molecular weight excluding hydrogens is 200 g/mol. The quantitative estimate of drug-likeness (QED) is 0.780. The Morgan fingerprint density at radius 2 is 1.93 bits per heavy atom. The van der Waals surface area contributed by atoms with Gasteiger partial charge in [-0.1, -0.05) is 23.7 Å². The van der Waals surface area contributed by atoms with Crippen molar-refractivity contribution in [3.63, 3.8) is 0 Å². The zero-order valence-corrected chi connectivity index (χ0v) is 8.38. The summed E-state index contributed by atoms with van der Waals surface area (Å²) in [4.78, 5) is 0. The molecule has 0 aliphatic rings. The topological polar surface area (TPSA) is 29.5 Å². The van der Waals surface area contributed by atoms with E-state index in [2.05, 4.69) is 0 Å². The molecule has 0 atom stereocenters. The highest BCUT2D eigenvalue weighted by Crippen LogP contribution is 2.36. The van der Waals surface area contributed by atoms with Gasteiger partial charge in [0, 0.05) is 10.8 Å². The van der Waals surface area contributed by atoms with Crippen LogP contribution in [0.25, 0.3) is 10.8 Å². The Morgan fingerprint density at radius 3 is 2.64 bits per heavy atom. The maximum Gasteiger partial charge on any atom is 0.142 e. The number of phenols is 1. The van der Waals surface area contributed by atoms with Gasteiger partial charge in [-0.2, -0.15) is 0 Å². The highest BCUT2D eigenvalue weighted by Gasteiger charge is 2.07. The first-order valence-electron chi connectivity index (χ1n) is 4.18. The minimum Gasteiger partial charge on any atom is -0.506 e. The predicted molar refractivity (Wildman–Crippen MR) is 57.2 cm³/mol. The second kappa shape index (κ2) is 3.39. The number of rotatable bonds is 1. The highest BCUT2D eigenvalue weighted by molar-refractivity contribution is 6.33. The van der Waals surface area contributed by atoms with Crippen molar-refractivity contribution in [2.75, 3.05) is 7.11 Å². The van der Waals surface area contributed by atoms with Crippen LogP contribution in [-0.2, 0) is 0 Å². The molecule has 2 aromatic carbocycles. The highest BCUT2D eigenvalue weighted by atomic mass is 35.5. The zero-order valence-electron chi connectivity index (χ0n) is 7.62. The number of hydrogen-bond donors (Lipinski definition) is 1. The maximum absolute atomic E-state index is 9.69. The molecule has 0 amide bonds. The number of methoxy groups -OCH3 is 1. The van der Waals surface area contributed by atoms with E-state index in [1.165, 1.54) is 0 Å². The summed E-state index contributed by atoms with van der Waals surface area (Å²) in [5.74, 6) is 0.831. The van der Waals surface area contributed by atoms with Gasteiger partial charge >= 0.3 is 0 Å². The van der Waals surface area contributed by atoms with Crippen molar-refractivity contribution in [2.24, 2.45) is 0 Å². The van der Waals surface area contributed by atoms with Gasteiger partial charge in [-0.05, 0) is 18.2 Å². The first-order chi connectivity index (χ1) is 6.74. The largest absolute Gasteiger partial charge is 0.506 e. The van der Waals surface area contributed by atoms with E-state index in [9.17, 15) is 5.11 Å². The molecule has 0 bridgehead atoms. The molecule has 2 nitrogen and oxygen atoms in total. The minimum atomic E-state index is 0.100. The molecule has 0 saturated carbocycles. The first kappa shape index (κ1) is 9.16. The van der Waals surface area contributed by atoms with Crippen LogP contribution < -0.4 is 4.74 Å². The second-order valence-corrected chi connectivity index (χ2v) is 3.36. The first-order valence-corrected chi connectivity index (χ1v) is 4.56. The molecule has 0 spiro atoms. The van der Waals surface area contributed by atoms with E-state index < -0.39 is 0 Å². The van der Waals surface area contributed by atoms with E-state index in [0.29, 0.717) is 10.4 Å². The van der Waals surface area contributed by atoms with Crippen molar-refractivity contribution >= 4 is 22.4 Å². The van der Waals surface area contributed by atoms with E-state index >= 15 is 0 Å². The fourth-order valence-electron chi connectivity index (χ4n) is 1.46. The summed E-state index contributed by atoms with van der Waals surface area (Å²) in [6.07, 6.45) is 0. The lowest BCUT2D eigenvalue weighted by atomic mass is 10.1. The van der Waals surface area contributed by atoms with E-state index in [-0.39, 0.29) is 5.75 Å². The Bertz CT molecular complexity index is 480. The van der Waals surface area contributed by atoms with Crippen LogP contribution in [0.3, 0.4) is 0 Å². The zero-order chi connectivity index (χ0) is 10.1. The van der Waals surface area contributed by atoms with Crippen LogP contribution in [0.2, 0.25) is 5.02 Å². The smallest absolute Gasteiger partial charge is 0.142 e. The number of phenolic OH excluding ortho intramolecular Hbond substituents is 1. The molecule has 0 radical (unpaired) electrons. The van der Waals surface area contributed by atoms with E-state index in [0.717, 1.165) is 11.1 Å². The summed E-state index contributed by atoms with van der Waals surface area (Å²) < 4.78 is 5.17. The van der Waals surface area contributed by atoms with Crippen molar-refractivity contribution in [3.05, 3.63) is 35.4 Å². The number of ether oxygens (including phenoxy) is 1. The summed E-state index contributed by atoms with van der Waals surface area (Å²) >= 11 is 5.79. The monoisotopic (exact) mass is 208 g/mol. The van der Waals surface area contributed by atoms with Gasteiger partial charge in [0.05, 0.1) is 12.1 Å². The van der Waals surface area contributed by atoms with Crippen molar-refractivity contribution in [3.8, 4) is 11.5 Å². The lowest BCUT2D eigenvalue weighted by Gasteiger charge is -2.07. The summed E-state index contributed by atoms with van der Waals surface area (Å²) in [5, 5.41) is 11.6. The SMILES string of the molecule is COc1cccc2c(O)c(Cl)ccc12. The Labute approximate surface area is 86.7 Å². The van der Waals surface area contributed by atoms with Gasteiger partial charge in [-0.25, -0.2) is 0 Å². The van der Waals surface area contributed by atoms with Gasteiger partial charge in [0.2, 0.25) is 0 Å². The molecule has 72 valence electrons. The number of benzene rings is 2. The van der Waals surface area contributed by atoms with Crippen molar-refractivity contribution in [2.45, 2.75) is 0 Å². The molecule has 2 rings (SSSR count). The molecule has 0 aromatic heterocycles. The van der Waals surface area contributed by atoms with Crippen molar-refractivity contribution < 1.29 is 9.84 Å². The van der Waals surface area contributed by atoms with Crippen LogP contribution >= 0.6 is 11.6 Å². The molecule has 0 unspecified atom stereocenters.